The number of nitrogens with zero attached hydrogens (tertiary/aromatic N) is 2. The first-order chi connectivity index (χ1) is 8.65. The Morgan fingerprint density at radius 1 is 1.39 bits per heavy atom. The highest BCUT2D eigenvalue weighted by molar-refractivity contribution is 5.78. The fraction of sp³-hybridized carbons (Fsp3) is 0.769. The first-order valence-corrected chi connectivity index (χ1v) is 6.77. The SMILES string of the molecule is CC(C)c1nc(CC(=O)NC2CCCCC2)no1. The van der Waals surface area contributed by atoms with E-state index in [-0.39, 0.29) is 18.2 Å². The molecule has 100 valence electrons. The first kappa shape index (κ1) is 13.1. The number of hydrogen-bond acceptors (Lipinski definition) is 4. The standard InChI is InChI=1S/C13H21N3O2/c1-9(2)13-15-11(16-18-13)8-12(17)14-10-6-4-3-5-7-10/h9-10H,3-8H2,1-2H3,(H,14,17). The summed E-state index contributed by atoms with van der Waals surface area (Å²) in [5.41, 5.74) is 0. The molecule has 1 saturated carbocycles. The van der Waals surface area contributed by atoms with Gasteiger partial charge in [-0.2, -0.15) is 4.98 Å². The molecule has 1 amide bonds. The third kappa shape index (κ3) is 3.55. The van der Waals surface area contributed by atoms with Crippen molar-refractivity contribution in [2.24, 2.45) is 0 Å². The number of carbonyl (C=O) groups is 1. The minimum absolute atomic E-state index is 0.00185. The average molecular weight is 251 g/mol. The summed E-state index contributed by atoms with van der Waals surface area (Å²) in [5.74, 6) is 1.27. The fourth-order valence-electron chi connectivity index (χ4n) is 2.24. The van der Waals surface area contributed by atoms with Crippen molar-refractivity contribution < 1.29 is 9.32 Å². The molecule has 2 rings (SSSR count). The van der Waals surface area contributed by atoms with Crippen LogP contribution < -0.4 is 5.32 Å². The maximum absolute atomic E-state index is 11.8. The zero-order valence-corrected chi connectivity index (χ0v) is 11.1. The quantitative estimate of drug-likeness (QED) is 0.890. The molecule has 0 unspecified atom stereocenters. The summed E-state index contributed by atoms with van der Waals surface area (Å²) < 4.78 is 5.08. The number of rotatable bonds is 4. The molecule has 0 radical (unpaired) electrons. The van der Waals surface area contributed by atoms with Crippen LogP contribution in [0.15, 0.2) is 4.52 Å². The van der Waals surface area contributed by atoms with Crippen LogP contribution in [0.25, 0.3) is 0 Å². The number of carbonyl (C=O) groups excluding carboxylic acids is 1. The van der Waals surface area contributed by atoms with Crippen molar-refractivity contribution in [2.75, 3.05) is 0 Å². The second-order valence-corrected chi connectivity index (χ2v) is 5.28. The molecule has 1 N–H and O–H groups in total. The molecule has 1 aromatic rings. The van der Waals surface area contributed by atoms with Gasteiger partial charge in [-0.1, -0.05) is 38.3 Å². The van der Waals surface area contributed by atoms with Crippen LogP contribution in [0.4, 0.5) is 0 Å². The highest BCUT2D eigenvalue weighted by atomic mass is 16.5. The molecule has 0 bridgehead atoms. The zero-order chi connectivity index (χ0) is 13.0. The third-order valence-corrected chi connectivity index (χ3v) is 3.27. The molecule has 1 aliphatic rings. The van der Waals surface area contributed by atoms with Crippen molar-refractivity contribution in [1.82, 2.24) is 15.5 Å². The van der Waals surface area contributed by atoms with E-state index in [4.69, 9.17) is 4.52 Å². The Kier molecular flexibility index (Phi) is 4.33. The average Bonchev–Trinajstić information content (AvgIpc) is 2.78. The topological polar surface area (TPSA) is 68.0 Å². The summed E-state index contributed by atoms with van der Waals surface area (Å²) in [6, 6.07) is 0.336. The van der Waals surface area contributed by atoms with E-state index < -0.39 is 0 Å². The van der Waals surface area contributed by atoms with Gasteiger partial charge in [0.05, 0.1) is 6.42 Å². The molecule has 0 aromatic carbocycles. The second kappa shape index (κ2) is 5.98. The van der Waals surface area contributed by atoms with Gasteiger partial charge >= 0.3 is 0 Å². The molecular formula is C13H21N3O2. The van der Waals surface area contributed by atoms with E-state index in [9.17, 15) is 4.79 Å². The summed E-state index contributed by atoms with van der Waals surface area (Å²) >= 11 is 0. The van der Waals surface area contributed by atoms with Crippen LogP contribution in [0.3, 0.4) is 0 Å². The Bertz CT molecular complexity index is 395. The van der Waals surface area contributed by atoms with Crippen molar-refractivity contribution in [3.05, 3.63) is 11.7 Å². The highest BCUT2D eigenvalue weighted by Gasteiger charge is 2.18. The van der Waals surface area contributed by atoms with Crippen LogP contribution in [0.5, 0.6) is 0 Å². The summed E-state index contributed by atoms with van der Waals surface area (Å²) in [4.78, 5) is 16.0. The number of aromatic nitrogens is 2. The number of amides is 1. The van der Waals surface area contributed by atoms with Crippen molar-refractivity contribution in [3.8, 4) is 0 Å². The summed E-state index contributed by atoms with van der Waals surface area (Å²) in [6.07, 6.45) is 6.11. The Balaban J connectivity index is 1.82. The van der Waals surface area contributed by atoms with Crippen LogP contribution in [0.1, 0.15) is 63.6 Å². The summed E-state index contributed by atoms with van der Waals surface area (Å²) in [6.45, 7) is 3.97. The first-order valence-electron chi connectivity index (χ1n) is 6.77. The second-order valence-electron chi connectivity index (χ2n) is 5.28. The maximum atomic E-state index is 11.8. The lowest BCUT2D eigenvalue weighted by Gasteiger charge is -2.22. The molecule has 1 heterocycles. The van der Waals surface area contributed by atoms with Crippen LogP contribution in [0.2, 0.25) is 0 Å². The lowest BCUT2D eigenvalue weighted by molar-refractivity contribution is -0.121. The van der Waals surface area contributed by atoms with Gasteiger partial charge in [0.25, 0.3) is 0 Å². The van der Waals surface area contributed by atoms with Crippen LogP contribution >= 0.6 is 0 Å². The van der Waals surface area contributed by atoms with Gasteiger partial charge in [0, 0.05) is 12.0 Å². The van der Waals surface area contributed by atoms with Gasteiger partial charge in [-0.3, -0.25) is 4.79 Å². The molecule has 0 atom stereocenters. The molecule has 0 aliphatic heterocycles. The van der Waals surface area contributed by atoms with E-state index in [1.807, 2.05) is 13.8 Å². The van der Waals surface area contributed by atoms with Crippen molar-refractivity contribution in [3.63, 3.8) is 0 Å². The highest BCUT2D eigenvalue weighted by Crippen LogP contribution is 2.17. The van der Waals surface area contributed by atoms with Crippen LogP contribution in [0, 0.1) is 0 Å². The molecule has 0 spiro atoms. The zero-order valence-electron chi connectivity index (χ0n) is 11.1. The Labute approximate surface area is 107 Å². The van der Waals surface area contributed by atoms with E-state index in [1.54, 1.807) is 0 Å². The van der Waals surface area contributed by atoms with Gasteiger partial charge in [0.1, 0.15) is 0 Å². The fourth-order valence-corrected chi connectivity index (χ4v) is 2.24. The Morgan fingerprint density at radius 2 is 2.11 bits per heavy atom. The van der Waals surface area contributed by atoms with Gasteiger partial charge in [0.2, 0.25) is 11.8 Å². The molecule has 5 heteroatoms. The lowest BCUT2D eigenvalue weighted by Crippen LogP contribution is -2.37. The monoisotopic (exact) mass is 251 g/mol. The third-order valence-electron chi connectivity index (χ3n) is 3.27. The van der Waals surface area contributed by atoms with Crippen molar-refractivity contribution in [1.29, 1.82) is 0 Å². The van der Waals surface area contributed by atoms with E-state index in [2.05, 4.69) is 15.5 Å². The van der Waals surface area contributed by atoms with Gasteiger partial charge in [-0.05, 0) is 12.8 Å². The minimum Gasteiger partial charge on any atom is -0.353 e. The summed E-state index contributed by atoms with van der Waals surface area (Å²) in [7, 11) is 0. The van der Waals surface area contributed by atoms with E-state index >= 15 is 0 Å². The molecule has 5 nitrogen and oxygen atoms in total. The summed E-state index contributed by atoms with van der Waals surface area (Å²) in [5, 5.41) is 6.87. The molecule has 18 heavy (non-hydrogen) atoms. The normalized spacial score (nSPS) is 17.1. The van der Waals surface area contributed by atoms with Gasteiger partial charge < -0.3 is 9.84 Å². The van der Waals surface area contributed by atoms with Crippen molar-refractivity contribution >= 4 is 5.91 Å². The molecule has 0 saturated heterocycles. The van der Waals surface area contributed by atoms with Crippen LogP contribution in [-0.4, -0.2) is 22.1 Å². The van der Waals surface area contributed by atoms with E-state index in [1.165, 1.54) is 19.3 Å². The Morgan fingerprint density at radius 3 is 2.72 bits per heavy atom. The largest absolute Gasteiger partial charge is 0.353 e. The predicted octanol–water partition coefficient (Wildman–Crippen LogP) is 2.18. The molecular weight excluding hydrogens is 230 g/mol. The van der Waals surface area contributed by atoms with Gasteiger partial charge in [-0.15, -0.1) is 0 Å². The number of hydrogen-bond donors (Lipinski definition) is 1. The van der Waals surface area contributed by atoms with Crippen LogP contribution in [-0.2, 0) is 11.2 Å². The van der Waals surface area contributed by atoms with E-state index in [0.717, 1.165) is 12.8 Å². The smallest absolute Gasteiger partial charge is 0.229 e. The molecule has 1 fully saturated rings. The maximum Gasteiger partial charge on any atom is 0.229 e. The molecule has 1 aromatic heterocycles. The van der Waals surface area contributed by atoms with Gasteiger partial charge in [0.15, 0.2) is 5.82 Å². The minimum atomic E-state index is -0.00185. The predicted molar refractivity (Wildman–Crippen MR) is 67.1 cm³/mol. The van der Waals surface area contributed by atoms with E-state index in [0.29, 0.717) is 17.8 Å². The Hall–Kier alpha value is -1.39. The lowest BCUT2D eigenvalue weighted by atomic mass is 9.95. The van der Waals surface area contributed by atoms with Crippen molar-refractivity contribution in [2.45, 2.75) is 64.3 Å². The van der Waals surface area contributed by atoms with Gasteiger partial charge in [-0.25, -0.2) is 0 Å². The molecule has 1 aliphatic carbocycles. The number of nitrogens with one attached hydrogen (secondary N) is 1.